The normalized spacial score (nSPS) is 15.2. The first-order chi connectivity index (χ1) is 7.20. The zero-order valence-corrected chi connectivity index (χ0v) is 10.8. The Morgan fingerprint density at radius 3 is 1.60 bits per heavy atom. The highest BCUT2D eigenvalue weighted by Crippen LogP contribution is 2.04. The molecule has 0 saturated heterocycles. The Morgan fingerprint density at radius 1 is 0.867 bits per heavy atom. The minimum absolute atomic E-state index is 0.362. The zero-order valence-electron chi connectivity index (χ0n) is 10.8. The number of rotatable bonds is 10. The number of ether oxygens (including phenoxy) is 1. The lowest BCUT2D eigenvalue weighted by Crippen LogP contribution is -2.26. The average Bonchev–Trinajstić information content (AvgIpc) is 2.18. The molecule has 0 radical (unpaired) electrons. The standard InChI is InChI=1S/C12H28N2O/c1-5-13-9-7-11(3)15-12(4)8-10-14-6-2/h11-14H,5-10H2,1-4H3. The van der Waals surface area contributed by atoms with Crippen LogP contribution in [0.3, 0.4) is 0 Å². The molecule has 2 atom stereocenters. The smallest absolute Gasteiger partial charge is 0.0562 e. The zero-order chi connectivity index (χ0) is 11.5. The third-order valence-corrected chi connectivity index (χ3v) is 2.42. The largest absolute Gasteiger partial charge is 0.375 e. The summed E-state index contributed by atoms with van der Waals surface area (Å²) in [6.07, 6.45) is 2.92. The van der Waals surface area contributed by atoms with Crippen LogP contribution in [0.15, 0.2) is 0 Å². The lowest BCUT2D eigenvalue weighted by atomic mass is 10.2. The Labute approximate surface area is 95.0 Å². The molecule has 0 amide bonds. The molecule has 0 spiro atoms. The van der Waals surface area contributed by atoms with Gasteiger partial charge in [-0.15, -0.1) is 0 Å². The summed E-state index contributed by atoms with van der Waals surface area (Å²) in [6, 6.07) is 0. The van der Waals surface area contributed by atoms with Crippen LogP contribution in [0.2, 0.25) is 0 Å². The van der Waals surface area contributed by atoms with Gasteiger partial charge in [-0.1, -0.05) is 13.8 Å². The lowest BCUT2D eigenvalue weighted by Gasteiger charge is -2.19. The quantitative estimate of drug-likeness (QED) is 0.546. The summed E-state index contributed by atoms with van der Waals surface area (Å²) in [7, 11) is 0. The SMILES string of the molecule is CCNCCC(C)OC(C)CCNCC. The van der Waals surface area contributed by atoms with Crippen molar-refractivity contribution in [3.63, 3.8) is 0 Å². The maximum absolute atomic E-state index is 5.86. The molecule has 0 fully saturated rings. The summed E-state index contributed by atoms with van der Waals surface area (Å²) >= 11 is 0. The van der Waals surface area contributed by atoms with Crippen molar-refractivity contribution in [2.24, 2.45) is 0 Å². The van der Waals surface area contributed by atoms with Crippen molar-refractivity contribution in [3.05, 3.63) is 0 Å². The Balaban J connectivity index is 3.35. The molecule has 3 heteroatoms. The van der Waals surface area contributed by atoms with Gasteiger partial charge in [0.05, 0.1) is 12.2 Å². The van der Waals surface area contributed by atoms with Crippen LogP contribution in [0.4, 0.5) is 0 Å². The third-order valence-electron chi connectivity index (χ3n) is 2.42. The van der Waals surface area contributed by atoms with E-state index < -0.39 is 0 Å². The number of nitrogens with one attached hydrogen (secondary N) is 2. The molecule has 3 nitrogen and oxygen atoms in total. The van der Waals surface area contributed by atoms with Crippen LogP contribution < -0.4 is 10.6 Å². The predicted octanol–water partition coefficient (Wildman–Crippen LogP) is 1.78. The molecule has 0 aromatic carbocycles. The molecular formula is C12H28N2O. The number of hydrogen-bond donors (Lipinski definition) is 2. The minimum Gasteiger partial charge on any atom is -0.375 e. The van der Waals surface area contributed by atoms with E-state index in [0.29, 0.717) is 12.2 Å². The fourth-order valence-electron chi connectivity index (χ4n) is 1.50. The van der Waals surface area contributed by atoms with Gasteiger partial charge in [-0.25, -0.2) is 0 Å². The van der Waals surface area contributed by atoms with E-state index in [1.807, 2.05) is 0 Å². The van der Waals surface area contributed by atoms with E-state index in [1.54, 1.807) is 0 Å². The van der Waals surface area contributed by atoms with Crippen molar-refractivity contribution in [2.75, 3.05) is 26.2 Å². The van der Waals surface area contributed by atoms with Gasteiger partial charge in [0.15, 0.2) is 0 Å². The van der Waals surface area contributed by atoms with Crippen molar-refractivity contribution in [2.45, 2.75) is 52.7 Å². The summed E-state index contributed by atoms with van der Waals surface area (Å²) in [6.45, 7) is 12.8. The van der Waals surface area contributed by atoms with Gasteiger partial charge in [0.1, 0.15) is 0 Å². The molecule has 0 aliphatic carbocycles. The van der Waals surface area contributed by atoms with E-state index in [1.165, 1.54) is 0 Å². The Kier molecular flexibility index (Phi) is 10.3. The van der Waals surface area contributed by atoms with Gasteiger partial charge in [-0.2, -0.15) is 0 Å². The molecule has 0 aromatic rings. The van der Waals surface area contributed by atoms with Gasteiger partial charge in [0.2, 0.25) is 0 Å². The second-order valence-electron chi connectivity index (χ2n) is 4.04. The minimum atomic E-state index is 0.362. The summed E-state index contributed by atoms with van der Waals surface area (Å²) in [5.41, 5.74) is 0. The molecule has 0 rings (SSSR count). The van der Waals surface area contributed by atoms with E-state index in [0.717, 1.165) is 39.0 Å². The van der Waals surface area contributed by atoms with Crippen LogP contribution in [-0.4, -0.2) is 38.4 Å². The molecule has 0 aliphatic rings. The topological polar surface area (TPSA) is 33.3 Å². The molecular weight excluding hydrogens is 188 g/mol. The van der Waals surface area contributed by atoms with Crippen LogP contribution in [-0.2, 0) is 4.74 Å². The highest BCUT2D eigenvalue weighted by atomic mass is 16.5. The fourth-order valence-corrected chi connectivity index (χ4v) is 1.50. The van der Waals surface area contributed by atoms with Gasteiger partial charge >= 0.3 is 0 Å². The van der Waals surface area contributed by atoms with Gasteiger partial charge in [0, 0.05) is 0 Å². The Bertz CT molecular complexity index is 117. The van der Waals surface area contributed by atoms with Crippen molar-refractivity contribution in [1.82, 2.24) is 10.6 Å². The monoisotopic (exact) mass is 216 g/mol. The van der Waals surface area contributed by atoms with Crippen LogP contribution in [0.1, 0.15) is 40.5 Å². The summed E-state index contributed by atoms with van der Waals surface area (Å²) in [5.74, 6) is 0. The maximum Gasteiger partial charge on any atom is 0.0562 e. The summed E-state index contributed by atoms with van der Waals surface area (Å²) in [4.78, 5) is 0. The second-order valence-corrected chi connectivity index (χ2v) is 4.04. The van der Waals surface area contributed by atoms with Gasteiger partial charge in [-0.05, 0) is 52.9 Å². The van der Waals surface area contributed by atoms with E-state index in [9.17, 15) is 0 Å². The van der Waals surface area contributed by atoms with Crippen LogP contribution >= 0.6 is 0 Å². The van der Waals surface area contributed by atoms with Gasteiger partial charge < -0.3 is 15.4 Å². The van der Waals surface area contributed by atoms with Crippen molar-refractivity contribution >= 4 is 0 Å². The first-order valence-corrected chi connectivity index (χ1v) is 6.27. The highest BCUT2D eigenvalue weighted by Gasteiger charge is 2.07. The van der Waals surface area contributed by atoms with Crippen LogP contribution in [0.5, 0.6) is 0 Å². The second kappa shape index (κ2) is 10.4. The van der Waals surface area contributed by atoms with Crippen molar-refractivity contribution < 1.29 is 4.74 Å². The predicted molar refractivity (Wildman–Crippen MR) is 66.3 cm³/mol. The van der Waals surface area contributed by atoms with E-state index in [-0.39, 0.29) is 0 Å². The molecule has 2 unspecified atom stereocenters. The summed E-state index contributed by atoms with van der Waals surface area (Å²) in [5, 5.41) is 6.62. The average molecular weight is 216 g/mol. The molecule has 0 aliphatic heterocycles. The first-order valence-electron chi connectivity index (χ1n) is 6.27. The van der Waals surface area contributed by atoms with Crippen molar-refractivity contribution in [1.29, 1.82) is 0 Å². The molecule has 15 heavy (non-hydrogen) atoms. The van der Waals surface area contributed by atoms with Gasteiger partial charge in [-0.3, -0.25) is 0 Å². The van der Waals surface area contributed by atoms with E-state index in [2.05, 4.69) is 38.3 Å². The first kappa shape index (κ1) is 14.9. The molecule has 0 aromatic heterocycles. The van der Waals surface area contributed by atoms with Crippen LogP contribution in [0, 0.1) is 0 Å². The third kappa shape index (κ3) is 10.2. The molecule has 0 saturated carbocycles. The molecule has 0 bridgehead atoms. The van der Waals surface area contributed by atoms with E-state index in [4.69, 9.17) is 4.74 Å². The maximum atomic E-state index is 5.86. The summed E-state index contributed by atoms with van der Waals surface area (Å²) < 4.78 is 5.86. The Hall–Kier alpha value is -0.120. The van der Waals surface area contributed by atoms with E-state index >= 15 is 0 Å². The Morgan fingerprint density at radius 2 is 1.27 bits per heavy atom. The van der Waals surface area contributed by atoms with Crippen LogP contribution in [0.25, 0.3) is 0 Å². The lowest BCUT2D eigenvalue weighted by molar-refractivity contribution is 0.000806. The molecule has 92 valence electrons. The fraction of sp³-hybridized carbons (Fsp3) is 1.00. The number of hydrogen-bond acceptors (Lipinski definition) is 3. The van der Waals surface area contributed by atoms with Crippen molar-refractivity contribution in [3.8, 4) is 0 Å². The highest BCUT2D eigenvalue weighted by molar-refractivity contribution is 4.59. The molecule has 2 N–H and O–H groups in total. The molecule has 0 heterocycles. The van der Waals surface area contributed by atoms with Gasteiger partial charge in [0.25, 0.3) is 0 Å².